The van der Waals surface area contributed by atoms with E-state index in [-0.39, 0.29) is 17.5 Å². The summed E-state index contributed by atoms with van der Waals surface area (Å²) in [6.45, 7) is 3.90. The topological polar surface area (TPSA) is 21.3 Å². The molecule has 3 rings (SSSR count). The van der Waals surface area contributed by atoms with Crippen LogP contribution in [0.5, 0.6) is 0 Å². The normalized spacial score (nSPS) is 25.6. The third-order valence-corrected chi connectivity index (χ3v) is 5.68. The first-order chi connectivity index (χ1) is 10.1. The van der Waals surface area contributed by atoms with Crippen molar-refractivity contribution in [3.8, 4) is 0 Å². The largest absolute Gasteiger partial charge is 0.375 e. The van der Waals surface area contributed by atoms with Crippen molar-refractivity contribution < 1.29 is 9.13 Å². The Morgan fingerprint density at radius 1 is 1.48 bits per heavy atom. The number of hydrogen-bond acceptors (Lipinski definition) is 2. The van der Waals surface area contributed by atoms with Crippen molar-refractivity contribution in [3.05, 3.63) is 34.1 Å². The Hall–Kier alpha value is -0.450. The highest BCUT2D eigenvalue weighted by Crippen LogP contribution is 2.47. The van der Waals surface area contributed by atoms with Gasteiger partial charge in [0.25, 0.3) is 0 Å². The van der Waals surface area contributed by atoms with E-state index >= 15 is 0 Å². The summed E-state index contributed by atoms with van der Waals surface area (Å²) in [6, 6.07) is 5.31. The molecule has 4 heteroatoms. The lowest BCUT2D eigenvalue weighted by atomic mass is 9.69. The van der Waals surface area contributed by atoms with Gasteiger partial charge < -0.3 is 10.1 Å². The first kappa shape index (κ1) is 15.4. The van der Waals surface area contributed by atoms with E-state index in [0.717, 1.165) is 30.5 Å². The molecule has 2 atom stereocenters. The molecule has 1 saturated carbocycles. The smallest absolute Gasteiger partial charge is 0.124 e. The lowest BCUT2D eigenvalue weighted by Crippen LogP contribution is -2.48. The van der Waals surface area contributed by atoms with E-state index in [2.05, 4.69) is 28.2 Å². The van der Waals surface area contributed by atoms with Crippen LogP contribution in [0.2, 0.25) is 0 Å². The molecule has 1 aliphatic heterocycles. The van der Waals surface area contributed by atoms with Crippen LogP contribution in [0.4, 0.5) is 4.39 Å². The van der Waals surface area contributed by atoms with Crippen molar-refractivity contribution in [1.29, 1.82) is 0 Å². The number of halogens is 2. The van der Waals surface area contributed by atoms with Gasteiger partial charge in [0.15, 0.2) is 0 Å². The zero-order chi connectivity index (χ0) is 14.9. The molecule has 2 fully saturated rings. The molecule has 1 aliphatic carbocycles. The first-order valence-electron chi connectivity index (χ1n) is 7.96. The van der Waals surface area contributed by atoms with E-state index in [1.807, 2.05) is 6.07 Å². The van der Waals surface area contributed by atoms with E-state index in [9.17, 15) is 4.39 Å². The number of nitrogens with one attached hydrogen (secondary N) is 1. The summed E-state index contributed by atoms with van der Waals surface area (Å²) >= 11 is 3.53. The minimum Gasteiger partial charge on any atom is -0.375 e. The third-order valence-electron chi connectivity index (χ3n) is 4.99. The second kappa shape index (κ2) is 6.35. The monoisotopic (exact) mass is 355 g/mol. The zero-order valence-electron chi connectivity index (χ0n) is 12.5. The standard InChI is InChI=1S/C17H23BrFNO/c1-2-20-16(14-5-4-13(19)10-15(14)18)12-6-9-21-17(11-12)7-3-8-17/h4-5,10,12,16,20H,2-3,6-9,11H2,1H3. The summed E-state index contributed by atoms with van der Waals surface area (Å²) in [7, 11) is 0. The predicted octanol–water partition coefficient (Wildman–Crippen LogP) is 4.59. The SMILES string of the molecule is CCNC(c1ccc(F)cc1Br)C1CCOC2(CCC2)C1. The molecular formula is C17H23BrFNO. The molecule has 1 N–H and O–H groups in total. The quantitative estimate of drug-likeness (QED) is 0.852. The van der Waals surface area contributed by atoms with Crippen molar-refractivity contribution in [3.63, 3.8) is 0 Å². The van der Waals surface area contributed by atoms with Gasteiger partial charge in [-0.15, -0.1) is 0 Å². The maximum Gasteiger partial charge on any atom is 0.124 e. The summed E-state index contributed by atoms with van der Waals surface area (Å²) in [5.41, 5.74) is 1.31. The molecule has 0 radical (unpaired) electrons. The van der Waals surface area contributed by atoms with Gasteiger partial charge in [0.2, 0.25) is 0 Å². The van der Waals surface area contributed by atoms with Crippen molar-refractivity contribution in [2.75, 3.05) is 13.2 Å². The molecule has 2 unspecified atom stereocenters. The van der Waals surface area contributed by atoms with Crippen LogP contribution in [-0.4, -0.2) is 18.8 Å². The summed E-state index contributed by atoms with van der Waals surface area (Å²) in [6.07, 6.45) is 5.89. The predicted molar refractivity (Wildman–Crippen MR) is 85.8 cm³/mol. The second-order valence-corrected chi connectivity index (χ2v) is 7.19. The number of hydrogen-bond donors (Lipinski definition) is 1. The summed E-state index contributed by atoms with van der Waals surface area (Å²) < 4.78 is 20.3. The van der Waals surface area contributed by atoms with Crippen molar-refractivity contribution >= 4 is 15.9 Å². The van der Waals surface area contributed by atoms with E-state index in [1.54, 1.807) is 12.1 Å². The molecule has 2 nitrogen and oxygen atoms in total. The van der Waals surface area contributed by atoms with Crippen LogP contribution in [0.15, 0.2) is 22.7 Å². The fourth-order valence-electron chi connectivity index (χ4n) is 3.77. The van der Waals surface area contributed by atoms with Crippen LogP contribution in [-0.2, 0) is 4.74 Å². The zero-order valence-corrected chi connectivity index (χ0v) is 14.1. The maximum absolute atomic E-state index is 13.4. The van der Waals surface area contributed by atoms with Crippen molar-refractivity contribution in [1.82, 2.24) is 5.32 Å². The van der Waals surface area contributed by atoms with Gasteiger partial charge in [0.05, 0.1) is 5.60 Å². The molecule has 1 heterocycles. The van der Waals surface area contributed by atoms with Crippen LogP contribution < -0.4 is 5.32 Å². The fraction of sp³-hybridized carbons (Fsp3) is 0.647. The molecular weight excluding hydrogens is 333 g/mol. The molecule has 0 amide bonds. The van der Waals surface area contributed by atoms with Crippen LogP contribution in [0, 0.1) is 11.7 Å². The highest BCUT2D eigenvalue weighted by Gasteiger charge is 2.44. The van der Waals surface area contributed by atoms with E-state index in [1.165, 1.54) is 24.8 Å². The molecule has 116 valence electrons. The Bertz CT molecular complexity index is 504. The lowest BCUT2D eigenvalue weighted by molar-refractivity contribution is -0.147. The minimum absolute atomic E-state index is 0.142. The van der Waals surface area contributed by atoms with E-state index in [0.29, 0.717) is 5.92 Å². The summed E-state index contributed by atoms with van der Waals surface area (Å²) in [5, 5.41) is 3.61. The molecule has 0 bridgehead atoms. The third kappa shape index (κ3) is 3.17. The number of ether oxygens (including phenoxy) is 1. The van der Waals surface area contributed by atoms with Gasteiger partial charge in [-0.3, -0.25) is 0 Å². The molecule has 1 saturated heterocycles. The van der Waals surface area contributed by atoms with Gasteiger partial charge in [0, 0.05) is 17.1 Å². The Balaban J connectivity index is 1.83. The number of rotatable bonds is 4. The highest BCUT2D eigenvalue weighted by molar-refractivity contribution is 9.10. The Kier molecular flexibility index (Phi) is 4.67. The van der Waals surface area contributed by atoms with Crippen LogP contribution in [0.3, 0.4) is 0 Å². The fourth-order valence-corrected chi connectivity index (χ4v) is 4.37. The summed E-state index contributed by atoms with van der Waals surface area (Å²) in [4.78, 5) is 0. The van der Waals surface area contributed by atoms with Gasteiger partial charge >= 0.3 is 0 Å². The van der Waals surface area contributed by atoms with Crippen LogP contribution >= 0.6 is 15.9 Å². The summed E-state index contributed by atoms with van der Waals surface area (Å²) in [5.74, 6) is 0.365. The lowest BCUT2D eigenvalue weighted by Gasteiger charge is -2.49. The first-order valence-corrected chi connectivity index (χ1v) is 8.75. The van der Waals surface area contributed by atoms with E-state index < -0.39 is 0 Å². The highest BCUT2D eigenvalue weighted by atomic mass is 79.9. The minimum atomic E-state index is -0.191. The Labute approximate surface area is 134 Å². The van der Waals surface area contributed by atoms with Crippen molar-refractivity contribution in [2.24, 2.45) is 5.92 Å². The number of benzene rings is 1. The van der Waals surface area contributed by atoms with Gasteiger partial charge in [-0.2, -0.15) is 0 Å². The average Bonchev–Trinajstić information content (AvgIpc) is 2.44. The second-order valence-electron chi connectivity index (χ2n) is 6.34. The maximum atomic E-state index is 13.4. The molecule has 1 aromatic rings. The average molecular weight is 356 g/mol. The molecule has 1 spiro atoms. The van der Waals surface area contributed by atoms with Crippen LogP contribution in [0.25, 0.3) is 0 Å². The molecule has 21 heavy (non-hydrogen) atoms. The van der Waals surface area contributed by atoms with Gasteiger partial charge in [-0.25, -0.2) is 4.39 Å². The van der Waals surface area contributed by atoms with Crippen molar-refractivity contribution in [2.45, 2.75) is 50.7 Å². The molecule has 2 aliphatic rings. The van der Waals surface area contributed by atoms with Crippen LogP contribution in [0.1, 0.15) is 50.6 Å². The van der Waals surface area contributed by atoms with E-state index in [4.69, 9.17) is 4.74 Å². The molecule has 1 aromatic carbocycles. The van der Waals surface area contributed by atoms with Gasteiger partial charge in [0.1, 0.15) is 5.82 Å². The van der Waals surface area contributed by atoms with Gasteiger partial charge in [-0.1, -0.05) is 28.9 Å². The van der Waals surface area contributed by atoms with Gasteiger partial charge in [-0.05, 0) is 62.3 Å². The molecule has 0 aromatic heterocycles. The Morgan fingerprint density at radius 3 is 2.90 bits per heavy atom. The Morgan fingerprint density at radius 2 is 2.29 bits per heavy atom.